The highest BCUT2D eigenvalue weighted by Crippen LogP contribution is 2.72. The van der Waals surface area contributed by atoms with E-state index in [1.165, 1.54) is 6.07 Å². The first-order valence-corrected chi connectivity index (χ1v) is 14.3. The summed E-state index contributed by atoms with van der Waals surface area (Å²) in [6, 6.07) is 1.25. The number of alkyl halides is 2. The van der Waals surface area contributed by atoms with E-state index in [9.17, 15) is 24.1 Å². The fourth-order valence-electron chi connectivity index (χ4n) is 4.15. The summed E-state index contributed by atoms with van der Waals surface area (Å²) < 4.78 is 56.5. The van der Waals surface area contributed by atoms with Crippen LogP contribution in [0.15, 0.2) is 17.1 Å². The van der Waals surface area contributed by atoms with Crippen LogP contribution < -0.4 is 11.4 Å². The molecule has 220 valence electrons. The van der Waals surface area contributed by atoms with Gasteiger partial charge in [0.25, 0.3) is 0 Å². The number of esters is 2. The quantitative estimate of drug-likeness (QED) is 0.174. The molecule has 0 bridgehead atoms. The Hall–Kier alpha value is -2.09. The predicted octanol–water partition coefficient (Wildman–Crippen LogP) is 2.35. The second kappa shape index (κ2) is 10.7. The Morgan fingerprint density at radius 1 is 1.18 bits per heavy atom. The third-order valence-electron chi connectivity index (χ3n) is 6.52. The molecule has 2 heterocycles. The summed E-state index contributed by atoms with van der Waals surface area (Å²) in [7, 11) is -4.33. The second-order valence-corrected chi connectivity index (χ2v) is 13.9. The lowest BCUT2D eigenvalue weighted by atomic mass is 9.98. The lowest BCUT2D eigenvalue weighted by molar-refractivity contribution is -0.162. The minimum Gasteiger partial charge on any atom is -0.438 e. The lowest BCUT2D eigenvalue weighted by Crippen LogP contribution is -2.37. The van der Waals surface area contributed by atoms with Crippen LogP contribution in [0.2, 0.25) is 0 Å². The minimum absolute atomic E-state index is 0.0898. The van der Waals surface area contributed by atoms with Gasteiger partial charge in [0.15, 0.2) is 12.4 Å². The molecule has 1 aromatic heterocycles. The average Bonchev–Trinajstić information content (AvgIpc) is 3.21. The zero-order chi connectivity index (χ0) is 29.6. The molecule has 5 atom stereocenters. The number of carbonyl (C=O) groups excluding carboxylic acids is 2. The summed E-state index contributed by atoms with van der Waals surface area (Å²) in [6.45, 7) is 7.99. The van der Waals surface area contributed by atoms with E-state index < -0.39 is 91.2 Å². The number of carbonyl (C=O) groups is 2. The maximum absolute atomic E-state index is 15.6. The van der Waals surface area contributed by atoms with Crippen molar-refractivity contribution in [2.75, 3.05) is 31.4 Å². The molecule has 3 N–H and O–H groups in total. The number of halogens is 2. The van der Waals surface area contributed by atoms with Crippen molar-refractivity contribution in [3.8, 4) is 0 Å². The topological polar surface area (TPSA) is 178 Å². The van der Waals surface area contributed by atoms with Gasteiger partial charge >= 0.3 is 25.2 Å². The number of hydrogen-bond donors (Lipinski definition) is 2. The standard InChI is InChI=1S/C23H34ClFN3O10P/c1-20(2,3)17(29)34-11-36-39(33,37-12-35-18(30)21(4,5)6)9-13-22(10-24)23(13,32)15(25)16(38-22)28-8-7-14(26)27-19(28)31/h7-8,13,15-16,32H,9-12H2,1-6H3,(H2,26,27,31)/t13?,15-,16+,22?,23-/m0/s1. The molecule has 2 fully saturated rings. The average molecular weight is 598 g/mol. The van der Waals surface area contributed by atoms with Gasteiger partial charge in [0.2, 0.25) is 13.6 Å². The van der Waals surface area contributed by atoms with E-state index in [0.29, 0.717) is 0 Å². The zero-order valence-electron chi connectivity index (χ0n) is 22.5. The predicted molar refractivity (Wildman–Crippen MR) is 135 cm³/mol. The van der Waals surface area contributed by atoms with Gasteiger partial charge in [0.1, 0.15) is 17.0 Å². The Labute approximate surface area is 229 Å². The number of ether oxygens (including phenoxy) is 3. The van der Waals surface area contributed by atoms with Crippen molar-refractivity contribution in [1.29, 1.82) is 0 Å². The first-order valence-electron chi connectivity index (χ1n) is 12.0. The van der Waals surface area contributed by atoms with E-state index in [-0.39, 0.29) is 5.82 Å². The Morgan fingerprint density at radius 3 is 2.10 bits per heavy atom. The Kier molecular flexibility index (Phi) is 8.64. The van der Waals surface area contributed by atoms with Gasteiger partial charge in [-0.15, -0.1) is 11.6 Å². The van der Waals surface area contributed by atoms with Crippen LogP contribution in [0.25, 0.3) is 0 Å². The van der Waals surface area contributed by atoms with Crippen LogP contribution in [0.5, 0.6) is 0 Å². The Morgan fingerprint density at radius 2 is 1.69 bits per heavy atom. The summed E-state index contributed by atoms with van der Waals surface area (Å²) in [5, 5.41) is 11.3. The number of nitrogens with two attached hydrogens (primary N) is 1. The molecular formula is C23H34ClFN3O10P. The molecule has 39 heavy (non-hydrogen) atoms. The van der Waals surface area contributed by atoms with Gasteiger partial charge in [0.05, 0.1) is 22.9 Å². The summed E-state index contributed by atoms with van der Waals surface area (Å²) in [6.07, 6.45) is -3.27. The SMILES string of the molecule is CC(C)(C)C(=O)OCOP(=O)(CC1C2(CCl)O[C@@H](n3ccc(N)nc3=O)[C@H](F)[C@@]12O)OCOC(=O)C(C)(C)C. The number of aliphatic hydroxyl groups is 1. The summed E-state index contributed by atoms with van der Waals surface area (Å²) >= 11 is 6.09. The smallest absolute Gasteiger partial charge is 0.351 e. The number of aromatic nitrogens is 2. The van der Waals surface area contributed by atoms with Gasteiger partial charge in [-0.1, -0.05) is 0 Å². The fourth-order valence-corrected chi connectivity index (χ4v) is 6.34. The van der Waals surface area contributed by atoms with Gasteiger partial charge in [-0.3, -0.25) is 27.8 Å². The van der Waals surface area contributed by atoms with Crippen LogP contribution in [0.3, 0.4) is 0 Å². The summed E-state index contributed by atoms with van der Waals surface area (Å²) in [4.78, 5) is 40.0. The number of nitrogens with zero attached hydrogens (tertiary/aromatic N) is 2. The van der Waals surface area contributed by atoms with Gasteiger partial charge < -0.3 is 25.1 Å². The zero-order valence-corrected chi connectivity index (χ0v) is 24.2. The number of nitrogen functional groups attached to an aromatic ring is 1. The number of hydrogen-bond acceptors (Lipinski definition) is 12. The monoisotopic (exact) mass is 597 g/mol. The van der Waals surface area contributed by atoms with Crippen molar-refractivity contribution in [3.05, 3.63) is 22.7 Å². The largest absolute Gasteiger partial charge is 0.438 e. The minimum atomic E-state index is -4.33. The molecular weight excluding hydrogens is 564 g/mol. The molecule has 0 aromatic carbocycles. The highest BCUT2D eigenvalue weighted by molar-refractivity contribution is 7.53. The summed E-state index contributed by atoms with van der Waals surface area (Å²) in [5.41, 5.74) is -1.26. The molecule has 0 radical (unpaired) electrons. The molecule has 1 saturated carbocycles. The van der Waals surface area contributed by atoms with E-state index in [2.05, 4.69) is 4.98 Å². The van der Waals surface area contributed by atoms with E-state index in [4.69, 9.17) is 40.6 Å². The second-order valence-electron chi connectivity index (χ2n) is 11.5. The Balaban J connectivity index is 1.79. The van der Waals surface area contributed by atoms with Gasteiger partial charge in [-0.25, -0.2) is 9.18 Å². The van der Waals surface area contributed by atoms with Gasteiger partial charge in [0, 0.05) is 12.1 Å². The molecule has 0 spiro atoms. The highest BCUT2D eigenvalue weighted by Gasteiger charge is 2.88. The van der Waals surface area contributed by atoms with Crippen LogP contribution in [0, 0.1) is 16.7 Å². The normalized spacial score (nSPS) is 28.6. The molecule has 1 aliphatic carbocycles. The Bertz CT molecular complexity index is 1180. The molecule has 1 saturated heterocycles. The number of rotatable bonds is 10. The lowest BCUT2D eigenvalue weighted by Gasteiger charge is -2.26. The van der Waals surface area contributed by atoms with Gasteiger partial charge in [-0.05, 0) is 47.6 Å². The van der Waals surface area contributed by atoms with Gasteiger partial charge in [-0.2, -0.15) is 4.98 Å². The van der Waals surface area contributed by atoms with E-state index in [0.717, 1.165) is 10.8 Å². The van der Waals surface area contributed by atoms with Crippen molar-refractivity contribution in [2.45, 2.75) is 65.1 Å². The molecule has 13 nitrogen and oxygen atoms in total. The van der Waals surface area contributed by atoms with Crippen molar-refractivity contribution < 1.29 is 46.9 Å². The van der Waals surface area contributed by atoms with Crippen LogP contribution in [0.1, 0.15) is 47.8 Å². The molecule has 1 aliphatic heterocycles. The van der Waals surface area contributed by atoms with Crippen LogP contribution in [-0.2, 0) is 37.4 Å². The van der Waals surface area contributed by atoms with Crippen molar-refractivity contribution in [1.82, 2.24) is 9.55 Å². The van der Waals surface area contributed by atoms with Crippen LogP contribution in [-0.4, -0.2) is 69.6 Å². The maximum Gasteiger partial charge on any atom is 0.351 e. The van der Waals surface area contributed by atoms with Crippen LogP contribution >= 0.6 is 19.2 Å². The first kappa shape index (κ1) is 31.4. The van der Waals surface area contributed by atoms with Crippen molar-refractivity contribution >= 4 is 37.0 Å². The van der Waals surface area contributed by atoms with Crippen LogP contribution in [0.4, 0.5) is 10.2 Å². The van der Waals surface area contributed by atoms with Crippen molar-refractivity contribution in [2.24, 2.45) is 16.7 Å². The molecule has 0 amide bonds. The molecule has 1 aromatic rings. The number of anilines is 1. The van der Waals surface area contributed by atoms with Crippen molar-refractivity contribution in [3.63, 3.8) is 0 Å². The number of fused-ring (bicyclic) bond motifs is 1. The van der Waals surface area contributed by atoms with E-state index >= 15 is 4.39 Å². The maximum atomic E-state index is 15.6. The third kappa shape index (κ3) is 6.01. The molecule has 16 heteroatoms. The van der Waals surface area contributed by atoms with E-state index in [1.807, 2.05) is 0 Å². The third-order valence-corrected chi connectivity index (χ3v) is 8.73. The molecule has 2 unspecified atom stereocenters. The van der Waals surface area contributed by atoms with E-state index in [1.54, 1.807) is 41.5 Å². The highest BCUT2D eigenvalue weighted by atomic mass is 35.5. The fraction of sp³-hybridized carbons (Fsp3) is 0.739. The summed E-state index contributed by atoms with van der Waals surface area (Å²) in [5.74, 6) is -3.09. The molecule has 2 aliphatic rings. The molecule has 3 rings (SSSR count). The first-order chi connectivity index (χ1) is 17.8.